The van der Waals surface area contributed by atoms with Crippen molar-refractivity contribution in [2.45, 2.75) is 12.8 Å². The third-order valence-electron chi connectivity index (χ3n) is 3.41. The Bertz CT molecular complexity index is 854. The fourth-order valence-corrected chi connectivity index (χ4v) is 2.55. The van der Waals surface area contributed by atoms with Gasteiger partial charge in [0, 0.05) is 23.3 Å². The standard InChI is InChI=1S/C17H15Cl2N5/c18-15-10-22-17(19)24-16(15)23-14-3-1-2-11(8-14)4-5-13-9-12(20)6-7-21-13/h1-3,6-10H,4-5H2,(H2,20,21)(H,22,23,24). The lowest BCUT2D eigenvalue weighted by molar-refractivity contribution is 0.915. The number of halogens is 2. The molecule has 0 aliphatic carbocycles. The summed E-state index contributed by atoms with van der Waals surface area (Å²) in [5, 5.41) is 3.71. The first kappa shape index (κ1) is 16.5. The zero-order valence-corrected chi connectivity index (χ0v) is 14.2. The number of hydrogen-bond donors (Lipinski definition) is 2. The second-order valence-corrected chi connectivity index (χ2v) is 5.99. The van der Waals surface area contributed by atoms with E-state index in [4.69, 9.17) is 28.9 Å². The number of rotatable bonds is 5. The van der Waals surface area contributed by atoms with E-state index in [0.717, 1.165) is 29.9 Å². The lowest BCUT2D eigenvalue weighted by atomic mass is 10.1. The molecule has 5 nitrogen and oxygen atoms in total. The van der Waals surface area contributed by atoms with Crippen molar-refractivity contribution >= 4 is 40.4 Å². The molecule has 0 unspecified atom stereocenters. The molecule has 0 amide bonds. The van der Waals surface area contributed by atoms with Crippen LogP contribution in [0.3, 0.4) is 0 Å². The number of pyridine rings is 1. The van der Waals surface area contributed by atoms with E-state index in [1.807, 2.05) is 24.3 Å². The Hall–Kier alpha value is -2.37. The van der Waals surface area contributed by atoms with Crippen molar-refractivity contribution in [1.29, 1.82) is 0 Å². The van der Waals surface area contributed by atoms with Gasteiger partial charge in [0.2, 0.25) is 5.28 Å². The van der Waals surface area contributed by atoms with Crippen molar-refractivity contribution in [1.82, 2.24) is 15.0 Å². The van der Waals surface area contributed by atoms with Gasteiger partial charge in [-0.05, 0) is 54.3 Å². The Morgan fingerprint density at radius 1 is 1.04 bits per heavy atom. The quantitative estimate of drug-likeness (QED) is 0.664. The molecule has 3 rings (SSSR count). The summed E-state index contributed by atoms with van der Waals surface area (Å²) in [5.41, 5.74) is 9.52. The number of hydrogen-bond acceptors (Lipinski definition) is 5. The van der Waals surface area contributed by atoms with E-state index >= 15 is 0 Å². The zero-order chi connectivity index (χ0) is 16.9. The van der Waals surface area contributed by atoms with Gasteiger partial charge in [0.25, 0.3) is 0 Å². The minimum atomic E-state index is 0.144. The highest BCUT2D eigenvalue weighted by Crippen LogP contribution is 2.24. The molecule has 122 valence electrons. The average molecular weight is 360 g/mol. The van der Waals surface area contributed by atoms with Crippen LogP contribution in [0.5, 0.6) is 0 Å². The van der Waals surface area contributed by atoms with Crippen molar-refractivity contribution in [2.75, 3.05) is 11.1 Å². The van der Waals surface area contributed by atoms with Gasteiger partial charge in [-0.2, -0.15) is 4.98 Å². The topological polar surface area (TPSA) is 76.7 Å². The van der Waals surface area contributed by atoms with Gasteiger partial charge in [-0.3, -0.25) is 4.98 Å². The number of nitrogens with zero attached hydrogens (tertiary/aromatic N) is 3. The number of anilines is 3. The SMILES string of the molecule is Nc1ccnc(CCc2cccc(Nc3nc(Cl)ncc3Cl)c2)c1. The molecule has 24 heavy (non-hydrogen) atoms. The molecule has 0 atom stereocenters. The second-order valence-electron chi connectivity index (χ2n) is 5.24. The summed E-state index contributed by atoms with van der Waals surface area (Å²) in [6.45, 7) is 0. The molecular formula is C17H15Cl2N5. The smallest absolute Gasteiger partial charge is 0.224 e. The molecule has 1 aromatic carbocycles. The van der Waals surface area contributed by atoms with Crippen molar-refractivity contribution in [3.8, 4) is 0 Å². The lowest BCUT2D eigenvalue weighted by Crippen LogP contribution is -1.99. The number of benzene rings is 1. The number of aromatic nitrogens is 3. The van der Waals surface area contributed by atoms with Crippen molar-refractivity contribution in [3.63, 3.8) is 0 Å². The van der Waals surface area contributed by atoms with E-state index in [-0.39, 0.29) is 5.28 Å². The fraction of sp³-hybridized carbons (Fsp3) is 0.118. The molecule has 2 aromatic heterocycles. The van der Waals surface area contributed by atoms with Gasteiger partial charge in [0.15, 0.2) is 5.82 Å². The van der Waals surface area contributed by atoms with Gasteiger partial charge < -0.3 is 11.1 Å². The number of aryl methyl sites for hydroxylation is 2. The highest BCUT2D eigenvalue weighted by molar-refractivity contribution is 6.33. The Kier molecular flexibility index (Phi) is 5.13. The largest absolute Gasteiger partial charge is 0.399 e. The monoisotopic (exact) mass is 359 g/mol. The molecule has 3 N–H and O–H groups in total. The molecule has 0 fully saturated rings. The molecule has 7 heteroatoms. The predicted molar refractivity (Wildman–Crippen MR) is 97.8 cm³/mol. The first-order valence-electron chi connectivity index (χ1n) is 7.34. The van der Waals surface area contributed by atoms with Crippen LogP contribution in [-0.4, -0.2) is 15.0 Å². The summed E-state index contributed by atoms with van der Waals surface area (Å²) in [4.78, 5) is 12.2. The van der Waals surface area contributed by atoms with Crippen LogP contribution in [0.1, 0.15) is 11.3 Å². The summed E-state index contributed by atoms with van der Waals surface area (Å²) in [5.74, 6) is 0.478. The average Bonchev–Trinajstić information content (AvgIpc) is 2.57. The molecule has 0 radical (unpaired) electrons. The summed E-state index contributed by atoms with van der Waals surface area (Å²) in [7, 11) is 0. The number of nitrogen functional groups attached to an aromatic ring is 1. The highest BCUT2D eigenvalue weighted by Gasteiger charge is 2.05. The van der Waals surface area contributed by atoms with E-state index in [1.165, 1.54) is 11.8 Å². The maximum Gasteiger partial charge on any atom is 0.224 e. The van der Waals surface area contributed by atoms with Gasteiger partial charge in [-0.15, -0.1) is 0 Å². The Labute approximate surface area is 149 Å². The first-order chi connectivity index (χ1) is 11.6. The molecule has 2 heterocycles. The third-order valence-corrected chi connectivity index (χ3v) is 3.87. The van der Waals surface area contributed by atoms with Crippen LogP contribution in [0, 0.1) is 0 Å². The van der Waals surface area contributed by atoms with Crippen LogP contribution in [0.15, 0.2) is 48.8 Å². The van der Waals surface area contributed by atoms with E-state index in [9.17, 15) is 0 Å². The van der Waals surface area contributed by atoms with E-state index in [2.05, 4.69) is 26.3 Å². The summed E-state index contributed by atoms with van der Waals surface area (Å²) < 4.78 is 0. The van der Waals surface area contributed by atoms with E-state index < -0.39 is 0 Å². The molecule has 0 aliphatic heterocycles. The van der Waals surface area contributed by atoms with Crippen LogP contribution >= 0.6 is 23.2 Å². The maximum absolute atomic E-state index is 6.08. The van der Waals surface area contributed by atoms with Gasteiger partial charge in [0.1, 0.15) is 5.02 Å². The van der Waals surface area contributed by atoms with Crippen LogP contribution in [0.4, 0.5) is 17.2 Å². The summed E-state index contributed by atoms with van der Waals surface area (Å²) >= 11 is 11.9. The second kappa shape index (κ2) is 7.47. The van der Waals surface area contributed by atoms with Crippen LogP contribution in [-0.2, 0) is 12.8 Å². The molecule has 0 bridgehead atoms. The lowest BCUT2D eigenvalue weighted by Gasteiger charge is -2.09. The highest BCUT2D eigenvalue weighted by atomic mass is 35.5. The van der Waals surface area contributed by atoms with Crippen molar-refractivity contribution in [3.05, 3.63) is 70.4 Å². The predicted octanol–water partition coefficient (Wildman–Crippen LogP) is 4.29. The summed E-state index contributed by atoms with van der Waals surface area (Å²) in [6.07, 6.45) is 4.86. The van der Waals surface area contributed by atoms with Gasteiger partial charge >= 0.3 is 0 Å². The maximum atomic E-state index is 6.08. The number of nitrogens with two attached hydrogens (primary N) is 1. The van der Waals surface area contributed by atoms with Crippen molar-refractivity contribution < 1.29 is 0 Å². The van der Waals surface area contributed by atoms with E-state index in [1.54, 1.807) is 12.3 Å². The van der Waals surface area contributed by atoms with Gasteiger partial charge in [-0.25, -0.2) is 4.98 Å². The summed E-state index contributed by atoms with van der Waals surface area (Å²) in [6, 6.07) is 11.7. The Balaban J connectivity index is 1.71. The minimum Gasteiger partial charge on any atom is -0.399 e. The molecule has 0 saturated carbocycles. The molecule has 3 aromatic rings. The first-order valence-corrected chi connectivity index (χ1v) is 8.10. The van der Waals surface area contributed by atoms with Crippen LogP contribution in [0.2, 0.25) is 10.3 Å². The molecule has 0 aliphatic rings. The van der Waals surface area contributed by atoms with Crippen molar-refractivity contribution in [2.24, 2.45) is 0 Å². The molecular weight excluding hydrogens is 345 g/mol. The van der Waals surface area contributed by atoms with Crippen LogP contribution < -0.4 is 11.1 Å². The number of nitrogens with one attached hydrogen (secondary N) is 1. The molecule has 0 spiro atoms. The fourth-order valence-electron chi connectivity index (χ4n) is 2.28. The van der Waals surface area contributed by atoms with Crippen LogP contribution in [0.25, 0.3) is 0 Å². The Morgan fingerprint density at radius 3 is 2.75 bits per heavy atom. The minimum absolute atomic E-state index is 0.144. The molecule has 0 saturated heterocycles. The third kappa shape index (κ3) is 4.34. The Morgan fingerprint density at radius 2 is 1.92 bits per heavy atom. The van der Waals surface area contributed by atoms with Gasteiger partial charge in [-0.1, -0.05) is 23.7 Å². The normalized spacial score (nSPS) is 10.6. The van der Waals surface area contributed by atoms with E-state index in [0.29, 0.717) is 10.8 Å². The van der Waals surface area contributed by atoms with Gasteiger partial charge in [0.05, 0.1) is 6.20 Å². The zero-order valence-electron chi connectivity index (χ0n) is 12.7.